The van der Waals surface area contributed by atoms with Crippen LogP contribution in [0.3, 0.4) is 0 Å². The molecule has 0 spiro atoms. The van der Waals surface area contributed by atoms with Crippen molar-refractivity contribution in [3.05, 3.63) is 23.5 Å². The van der Waals surface area contributed by atoms with Gasteiger partial charge in [-0.25, -0.2) is 0 Å². The molecule has 1 N–H and O–H groups in total. The summed E-state index contributed by atoms with van der Waals surface area (Å²) in [5.41, 5.74) is 3.21. The Bertz CT molecular complexity index is 577. The smallest absolute Gasteiger partial charge is 0.206 e. The van der Waals surface area contributed by atoms with Crippen molar-refractivity contribution in [1.29, 1.82) is 0 Å². The van der Waals surface area contributed by atoms with Crippen LogP contribution in [0.15, 0.2) is 12.1 Å². The van der Waals surface area contributed by atoms with Crippen molar-refractivity contribution in [1.82, 2.24) is 15.2 Å². The number of hydrogen-bond acceptors (Lipinski definition) is 5. The Hall–Kier alpha value is -1.49. The lowest BCUT2D eigenvalue weighted by molar-refractivity contribution is 0.760. The monoisotopic (exact) mass is 290 g/mol. The quantitative estimate of drug-likeness (QED) is 0.894. The highest BCUT2D eigenvalue weighted by molar-refractivity contribution is 7.18. The standard InChI is InChI=1S/C15H22N4S/c1-6-10(4)16-15-19-18-14(20-15)12-7-8-13(9(2)3)17-11(12)5/h7-10H,6H2,1-5H3,(H,16,19). The molecule has 0 aliphatic heterocycles. The first kappa shape index (κ1) is 14.9. The normalized spacial score (nSPS) is 12.7. The Morgan fingerprint density at radius 3 is 2.55 bits per heavy atom. The Morgan fingerprint density at radius 1 is 1.20 bits per heavy atom. The van der Waals surface area contributed by atoms with E-state index in [0.717, 1.165) is 33.5 Å². The minimum atomic E-state index is 0.415. The van der Waals surface area contributed by atoms with Gasteiger partial charge in [-0.2, -0.15) is 0 Å². The summed E-state index contributed by atoms with van der Waals surface area (Å²) in [6.45, 7) is 10.6. The van der Waals surface area contributed by atoms with Crippen molar-refractivity contribution in [3.8, 4) is 10.6 Å². The predicted molar refractivity (Wildman–Crippen MR) is 85.3 cm³/mol. The summed E-state index contributed by atoms with van der Waals surface area (Å²) in [4.78, 5) is 4.65. The van der Waals surface area contributed by atoms with E-state index in [1.165, 1.54) is 0 Å². The van der Waals surface area contributed by atoms with Crippen LogP contribution in [0.1, 0.15) is 51.4 Å². The van der Waals surface area contributed by atoms with Crippen molar-refractivity contribution < 1.29 is 0 Å². The second-order valence-corrected chi connectivity index (χ2v) is 6.37. The van der Waals surface area contributed by atoms with E-state index in [1.807, 2.05) is 6.92 Å². The summed E-state index contributed by atoms with van der Waals surface area (Å²) in [7, 11) is 0. The second-order valence-electron chi connectivity index (χ2n) is 5.39. The Labute approximate surface area is 124 Å². The molecule has 0 saturated heterocycles. The molecule has 0 aromatic carbocycles. The van der Waals surface area contributed by atoms with Gasteiger partial charge in [0.15, 0.2) is 5.01 Å². The van der Waals surface area contributed by atoms with Gasteiger partial charge in [0.05, 0.1) is 0 Å². The van der Waals surface area contributed by atoms with E-state index in [0.29, 0.717) is 12.0 Å². The zero-order valence-corrected chi connectivity index (χ0v) is 13.6. The summed E-state index contributed by atoms with van der Waals surface area (Å²) < 4.78 is 0. The van der Waals surface area contributed by atoms with Gasteiger partial charge >= 0.3 is 0 Å². The number of pyridine rings is 1. The van der Waals surface area contributed by atoms with E-state index < -0.39 is 0 Å². The van der Waals surface area contributed by atoms with Crippen LogP contribution in [0.2, 0.25) is 0 Å². The van der Waals surface area contributed by atoms with Crippen LogP contribution in [0, 0.1) is 6.92 Å². The number of aromatic nitrogens is 3. The zero-order chi connectivity index (χ0) is 14.7. The Morgan fingerprint density at radius 2 is 1.95 bits per heavy atom. The fourth-order valence-corrected chi connectivity index (χ4v) is 2.76. The zero-order valence-electron chi connectivity index (χ0n) is 12.8. The molecule has 0 fully saturated rings. The fraction of sp³-hybridized carbons (Fsp3) is 0.533. The molecule has 0 aliphatic rings. The molecule has 5 heteroatoms. The lowest BCUT2D eigenvalue weighted by atomic mass is 10.1. The third-order valence-electron chi connectivity index (χ3n) is 3.34. The van der Waals surface area contributed by atoms with E-state index in [2.05, 4.69) is 60.3 Å². The molecule has 2 aromatic heterocycles. The molecular formula is C15H22N4S. The van der Waals surface area contributed by atoms with Crippen LogP contribution in [-0.2, 0) is 0 Å². The van der Waals surface area contributed by atoms with Crippen molar-refractivity contribution >= 4 is 16.5 Å². The minimum Gasteiger partial charge on any atom is -0.358 e. The maximum atomic E-state index is 4.65. The van der Waals surface area contributed by atoms with Crippen LogP contribution in [0.5, 0.6) is 0 Å². The van der Waals surface area contributed by atoms with E-state index in [4.69, 9.17) is 0 Å². The van der Waals surface area contributed by atoms with Crippen LogP contribution in [-0.4, -0.2) is 21.2 Å². The van der Waals surface area contributed by atoms with Gasteiger partial charge in [0.25, 0.3) is 0 Å². The predicted octanol–water partition coefficient (Wildman–Crippen LogP) is 4.24. The van der Waals surface area contributed by atoms with Gasteiger partial charge in [0.2, 0.25) is 5.13 Å². The molecule has 2 aromatic rings. The van der Waals surface area contributed by atoms with Crippen LogP contribution in [0.25, 0.3) is 10.6 Å². The van der Waals surface area contributed by atoms with Gasteiger partial charge in [-0.1, -0.05) is 32.1 Å². The summed E-state index contributed by atoms with van der Waals surface area (Å²) in [5.74, 6) is 0.444. The van der Waals surface area contributed by atoms with Crippen molar-refractivity contribution in [3.63, 3.8) is 0 Å². The maximum absolute atomic E-state index is 4.65. The first-order chi connectivity index (χ1) is 9.51. The van der Waals surface area contributed by atoms with Crippen molar-refractivity contribution in [2.75, 3.05) is 5.32 Å². The van der Waals surface area contributed by atoms with Crippen LogP contribution >= 0.6 is 11.3 Å². The molecule has 20 heavy (non-hydrogen) atoms. The number of anilines is 1. The van der Waals surface area contributed by atoms with Crippen LogP contribution < -0.4 is 5.32 Å². The number of aryl methyl sites for hydroxylation is 1. The molecule has 1 atom stereocenters. The third-order valence-corrected chi connectivity index (χ3v) is 4.22. The molecule has 4 nitrogen and oxygen atoms in total. The molecule has 0 radical (unpaired) electrons. The summed E-state index contributed by atoms with van der Waals surface area (Å²) >= 11 is 1.58. The Kier molecular flexibility index (Phi) is 4.70. The molecule has 2 heterocycles. The highest BCUT2D eigenvalue weighted by atomic mass is 32.1. The van der Waals surface area contributed by atoms with Crippen LogP contribution in [0.4, 0.5) is 5.13 Å². The topological polar surface area (TPSA) is 50.7 Å². The highest BCUT2D eigenvalue weighted by Gasteiger charge is 2.12. The van der Waals surface area contributed by atoms with Gasteiger partial charge in [-0.15, -0.1) is 10.2 Å². The summed E-state index contributed by atoms with van der Waals surface area (Å²) in [6.07, 6.45) is 1.07. The van der Waals surface area contributed by atoms with Gasteiger partial charge in [0, 0.05) is 23.0 Å². The average molecular weight is 290 g/mol. The van der Waals surface area contributed by atoms with Gasteiger partial charge in [-0.3, -0.25) is 4.98 Å². The maximum Gasteiger partial charge on any atom is 0.206 e. The number of hydrogen-bond donors (Lipinski definition) is 1. The van der Waals surface area contributed by atoms with E-state index >= 15 is 0 Å². The average Bonchev–Trinajstić information content (AvgIpc) is 2.86. The number of nitrogens with zero attached hydrogens (tertiary/aromatic N) is 3. The Balaban J connectivity index is 2.24. The molecular weight excluding hydrogens is 268 g/mol. The van der Waals surface area contributed by atoms with Gasteiger partial charge in [-0.05, 0) is 38.3 Å². The molecule has 0 bridgehead atoms. The molecule has 1 unspecified atom stereocenters. The van der Waals surface area contributed by atoms with E-state index in [-0.39, 0.29) is 0 Å². The minimum absolute atomic E-state index is 0.415. The van der Waals surface area contributed by atoms with Crippen molar-refractivity contribution in [2.24, 2.45) is 0 Å². The first-order valence-electron chi connectivity index (χ1n) is 7.09. The van der Waals surface area contributed by atoms with E-state index in [9.17, 15) is 0 Å². The third kappa shape index (κ3) is 3.33. The number of rotatable bonds is 5. The van der Waals surface area contributed by atoms with Gasteiger partial charge < -0.3 is 5.32 Å². The second kappa shape index (κ2) is 6.31. The SMILES string of the molecule is CCC(C)Nc1nnc(-c2ccc(C(C)C)nc2C)s1. The molecule has 0 amide bonds. The molecule has 108 valence electrons. The van der Waals surface area contributed by atoms with Gasteiger partial charge in [0.1, 0.15) is 0 Å². The highest BCUT2D eigenvalue weighted by Crippen LogP contribution is 2.29. The van der Waals surface area contributed by atoms with Crippen molar-refractivity contribution in [2.45, 2.75) is 53.0 Å². The number of nitrogens with one attached hydrogen (secondary N) is 1. The largest absolute Gasteiger partial charge is 0.358 e. The lowest BCUT2D eigenvalue weighted by Gasteiger charge is -2.08. The first-order valence-corrected chi connectivity index (χ1v) is 7.90. The van der Waals surface area contributed by atoms with E-state index in [1.54, 1.807) is 11.3 Å². The molecule has 2 rings (SSSR count). The molecule has 0 aliphatic carbocycles. The fourth-order valence-electron chi connectivity index (χ4n) is 1.83. The summed E-state index contributed by atoms with van der Waals surface area (Å²) in [5, 5.41) is 13.6. The summed E-state index contributed by atoms with van der Waals surface area (Å²) in [6, 6.07) is 4.60. The lowest BCUT2D eigenvalue weighted by Crippen LogP contribution is -2.12. The molecule has 0 saturated carbocycles.